The molecule has 4 rings (SSSR count). The summed E-state index contributed by atoms with van der Waals surface area (Å²) in [5.74, 6) is 1.60. The molecule has 0 spiro atoms. The second-order valence-corrected chi connectivity index (χ2v) is 6.16. The van der Waals surface area contributed by atoms with Crippen LogP contribution in [0.4, 0.5) is 0 Å². The van der Waals surface area contributed by atoms with Gasteiger partial charge in [-0.2, -0.15) is 5.10 Å². The number of H-pyrrole nitrogens is 1. The Labute approximate surface area is 159 Å². The van der Waals surface area contributed by atoms with E-state index >= 15 is 0 Å². The molecule has 1 N–H and O–H groups in total. The highest BCUT2D eigenvalue weighted by molar-refractivity contribution is 5.85. The quantitative estimate of drug-likeness (QED) is 0.573. The predicted molar refractivity (Wildman–Crippen MR) is 105 cm³/mol. The third-order valence-electron chi connectivity index (χ3n) is 4.57. The zero-order chi connectivity index (χ0) is 19.7. The summed E-state index contributed by atoms with van der Waals surface area (Å²) in [5.41, 5.74) is 0.604. The second kappa shape index (κ2) is 7.07. The Hall–Kier alpha value is -3.81. The summed E-state index contributed by atoms with van der Waals surface area (Å²) in [5, 5.41) is 7.93. The van der Waals surface area contributed by atoms with Crippen LogP contribution in [-0.2, 0) is 6.54 Å². The van der Waals surface area contributed by atoms with Crippen molar-refractivity contribution in [2.24, 2.45) is 0 Å². The Morgan fingerprint density at radius 3 is 2.64 bits per heavy atom. The molecule has 0 fully saturated rings. The molecule has 2 aromatic heterocycles. The van der Waals surface area contributed by atoms with Gasteiger partial charge in [0.2, 0.25) is 0 Å². The number of aromatic amines is 1. The lowest BCUT2D eigenvalue weighted by Crippen LogP contribution is -2.38. The molecule has 142 valence electrons. The Morgan fingerprint density at radius 2 is 1.86 bits per heavy atom. The van der Waals surface area contributed by atoms with Gasteiger partial charge < -0.3 is 9.47 Å². The zero-order valence-electron chi connectivity index (χ0n) is 15.4. The van der Waals surface area contributed by atoms with Gasteiger partial charge in [0.15, 0.2) is 5.82 Å². The monoisotopic (exact) mass is 378 g/mol. The van der Waals surface area contributed by atoms with Gasteiger partial charge in [-0.05, 0) is 24.3 Å². The number of hydrogen-bond acceptors (Lipinski definition) is 5. The fourth-order valence-electron chi connectivity index (χ4n) is 3.11. The molecule has 0 atom stereocenters. The van der Waals surface area contributed by atoms with E-state index in [0.29, 0.717) is 22.9 Å². The first-order valence-electron chi connectivity index (χ1n) is 8.59. The van der Waals surface area contributed by atoms with E-state index in [1.54, 1.807) is 25.3 Å². The summed E-state index contributed by atoms with van der Waals surface area (Å²) in [6.07, 6.45) is 1.44. The fourth-order valence-corrected chi connectivity index (χ4v) is 3.11. The lowest BCUT2D eigenvalue weighted by atomic mass is 10.2. The molecule has 0 radical (unpaired) electrons. The third kappa shape index (κ3) is 2.94. The third-order valence-corrected chi connectivity index (χ3v) is 4.57. The Morgan fingerprint density at radius 1 is 1.04 bits per heavy atom. The van der Waals surface area contributed by atoms with Crippen LogP contribution >= 0.6 is 0 Å². The molecule has 2 aromatic carbocycles. The van der Waals surface area contributed by atoms with Crippen LogP contribution in [0.5, 0.6) is 11.5 Å². The molecule has 0 aliphatic carbocycles. The van der Waals surface area contributed by atoms with Crippen molar-refractivity contribution in [2.45, 2.75) is 6.54 Å². The number of methoxy groups -OCH3 is 2. The standard InChI is InChI=1S/C20H18N4O4/c1-27-14-8-7-13(17(11-14)28-2)12-24-18(25)9-10-23(20(24)26)19-15-5-3-4-6-16(15)21-22-19/h3-11H,12H2,1-2H3,(H,21,22). The summed E-state index contributed by atoms with van der Waals surface area (Å²) in [6.45, 7) is 0.0635. The number of ether oxygens (including phenoxy) is 2. The number of para-hydroxylation sites is 1. The number of aromatic nitrogens is 4. The molecular weight excluding hydrogens is 360 g/mol. The summed E-state index contributed by atoms with van der Waals surface area (Å²) in [7, 11) is 3.09. The summed E-state index contributed by atoms with van der Waals surface area (Å²) in [4.78, 5) is 25.5. The predicted octanol–water partition coefficient (Wildman–Crippen LogP) is 1.94. The number of hydrogen-bond donors (Lipinski definition) is 1. The molecule has 0 bridgehead atoms. The highest BCUT2D eigenvalue weighted by Crippen LogP contribution is 2.25. The lowest BCUT2D eigenvalue weighted by molar-refractivity contribution is 0.389. The Kier molecular flexibility index (Phi) is 4.44. The SMILES string of the molecule is COc1ccc(Cn2c(=O)ccn(-c3n[nH]c4ccccc34)c2=O)c(OC)c1. The van der Waals surface area contributed by atoms with Crippen molar-refractivity contribution in [1.82, 2.24) is 19.3 Å². The van der Waals surface area contributed by atoms with Crippen LogP contribution < -0.4 is 20.7 Å². The molecular formula is C20H18N4O4. The normalized spacial score (nSPS) is 10.9. The van der Waals surface area contributed by atoms with E-state index in [2.05, 4.69) is 10.2 Å². The number of fused-ring (bicyclic) bond motifs is 1. The van der Waals surface area contributed by atoms with E-state index in [4.69, 9.17) is 9.47 Å². The van der Waals surface area contributed by atoms with Crippen LogP contribution in [0, 0.1) is 0 Å². The maximum absolute atomic E-state index is 13.1. The van der Waals surface area contributed by atoms with Crippen LogP contribution in [0.15, 0.2) is 64.3 Å². The van der Waals surface area contributed by atoms with E-state index in [9.17, 15) is 9.59 Å². The fraction of sp³-hybridized carbons (Fsp3) is 0.150. The number of rotatable bonds is 5. The van der Waals surface area contributed by atoms with Gasteiger partial charge in [-0.3, -0.25) is 19.0 Å². The van der Waals surface area contributed by atoms with Crippen molar-refractivity contribution in [2.75, 3.05) is 14.2 Å². The largest absolute Gasteiger partial charge is 0.497 e. The molecule has 0 aliphatic rings. The van der Waals surface area contributed by atoms with Gasteiger partial charge in [-0.15, -0.1) is 0 Å². The van der Waals surface area contributed by atoms with E-state index < -0.39 is 11.2 Å². The summed E-state index contributed by atoms with van der Waals surface area (Å²) >= 11 is 0. The van der Waals surface area contributed by atoms with Crippen LogP contribution in [-0.4, -0.2) is 33.6 Å². The number of nitrogens with zero attached hydrogens (tertiary/aromatic N) is 3. The van der Waals surface area contributed by atoms with E-state index in [0.717, 1.165) is 15.5 Å². The van der Waals surface area contributed by atoms with E-state index in [1.165, 1.54) is 23.9 Å². The molecule has 0 aliphatic heterocycles. The van der Waals surface area contributed by atoms with Gasteiger partial charge in [0.1, 0.15) is 11.5 Å². The molecule has 8 nitrogen and oxygen atoms in total. The Bertz CT molecular complexity index is 1270. The van der Waals surface area contributed by atoms with Crippen LogP contribution in [0.25, 0.3) is 16.7 Å². The van der Waals surface area contributed by atoms with Crippen molar-refractivity contribution in [1.29, 1.82) is 0 Å². The van der Waals surface area contributed by atoms with Crippen molar-refractivity contribution in [3.63, 3.8) is 0 Å². The average molecular weight is 378 g/mol. The minimum atomic E-state index is -0.484. The smallest absolute Gasteiger partial charge is 0.337 e. The summed E-state index contributed by atoms with van der Waals surface area (Å²) < 4.78 is 13.1. The first kappa shape index (κ1) is 17.6. The van der Waals surface area contributed by atoms with E-state index in [-0.39, 0.29) is 6.54 Å². The van der Waals surface area contributed by atoms with Crippen molar-refractivity contribution in [3.8, 4) is 17.3 Å². The molecule has 8 heteroatoms. The first-order chi connectivity index (χ1) is 13.6. The molecule has 28 heavy (non-hydrogen) atoms. The molecule has 2 heterocycles. The Balaban J connectivity index is 1.83. The van der Waals surface area contributed by atoms with Gasteiger partial charge in [-0.25, -0.2) is 4.79 Å². The van der Waals surface area contributed by atoms with Crippen molar-refractivity contribution >= 4 is 10.9 Å². The molecule has 4 aromatic rings. The average Bonchev–Trinajstić information content (AvgIpc) is 3.15. The van der Waals surface area contributed by atoms with Gasteiger partial charge >= 0.3 is 5.69 Å². The highest BCUT2D eigenvalue weighted by Gasteiger charge is 2.14. The van der Waals surface area contributed by atoms with Crippen LogP contribution in [0.1, 0.15) is 5.56 Å². The lowest BCUT2D eigenvalue weighted by Gasteiger charge is -2.12. The molecule has 0 amide bonds. The first-order valence-corrected chi connectivity index (χ1v) is 8.59. The molecule has 0 saturated heterocycles. The van der Waals surface area contributed by atoms with Crippen LogP contribution in [0.3, 0.4) is 0 Å². The van der Waals surface area contributed by atoms with Crippen molar-refractivity contribution < 1.29 is 9.47 Å². The van der Waals surface area contributed by atoms with Gasteiger partial charge in [0.05, 0.1) is 26.3 Å². The second-order valence-electron chi connectivity index (χ2n) is 6.16. The van der Waals surface area contributed by atoms with Crippen molar-refractivity contribution in [3.05, 3.63) is 81.1 Å². The number of nitrogens with one attached hydrogen (secondary N) is 1. The minimum Gasteiger partial charge on any atom is -0.497 e. The summed E-state index contributed by atoms with van der Waals surface area (Å²) in [6, 6.07) is 14.1. The number of benzene rings is 2. The van der Waals surface area contributed by atoms with Gasteiger partial charge in [0, 0.05) is 29.3 Å². The molecule has 0 unspecified atom stereocenters. The van der Waals surface area contributed by atoms with Crippen LogP contribution in [0.2, 0.25) is 0 Å². The van der Waals surface area contributed by atoms with Gasteiger partial charge in [0.25, 0.3) is 5.56 Å². The maximum Gasteiger partial charge on any atom is 0.337 e. The van der Waals surface area contributed by atoms with Gasteiger partial charge in [-0.1, -0.05) is 12.1 Å². The molecule has 0 saturated carbocycles. The van der Waals surface area contributed by atoms with E-state index in [1.807, 2.05) is 24.3 Å². The minimum absolute atomic E-state index is 0.0635. The zero-order valence-corrected chi connectivity index (χ0v) is 15.4. The maximum atomic E-state index is 13.1. The topological polar surface area (TPSA) is 91.1 Å². The highest BCUT2D eigenvalue weighted by atomic mass is 16.5.